The van der Waals surface area contributed by atoms with Gasteiger partial charge in [0.15, 0.2) is 10.8 Å². The predicted molar refractivity (Wildman–Crippen MR) is 114 cm³/mol. The lowest BCUT2D eigenvalue weighted by Crippen LogP contribution is -2.36. The van der Waals surface area contributed by atoms with Gasteiger partial charge in [0.25, 0.3) is 0 Å². The first kappa shape index (κ1) is 17.4. The molecule has 0 N–H and O–H groups in total. The number of benzene rings is 1. The van der Waals surface area contributed by atoms with Crippen LogP contribution in [-0.4, -0.2) is 32.2 Å². The highest BCUT2D eigenvalue weighted by atomic mass is 32.1. The Kier molecular flexibility index (Phi) is 4.39. The Bertz CT molecular complexity index is 1150. The molecule has 0 bridgehead atoms. The Morgan fingerprint density at radius 3 is 2.71 bits per heavy atom. The van der Waals surface area contributed by atoms with Crippen LogP contribution in [0.15, 0.2) is 47.4 Å². The van der Waals surface area contributed by atoms with Gasteiger partial charge in [0.2, 0.25) is 0 Å². The molecule has 6 nitrogen and oxygen atoms in total. The molecule has 0 saturated carbocycles. The fourth-order valence-corrected chi connectivity index (χ4v) is 5.19. The second kappa shape index (κ2) is 7.05. The van der Waals surface area contributed by atoms with Gasteiger partial charge in [-0.05, 0) is 49.9 Å². The first-order valence-electron chi connectivity index (χ1n) is 9.89. The first-order chi connectivity index (χ1) is 13.7. The van der Waals surface area contributed by atoms with E-state index in [9.17, 15) is 4.79 Å². The van der Waals surface area contributed by atoms with Crippen LogP contribution in [0.2, 0.25) is 0 Å². The average Bonchev–Trinajstić information content (AvgIpc) is 3.28. The van der Waals surface area contributed by atoms with Gasteiger partial charge in [-0.1, -0.05) is 23.5 Å². The number of aryl methyl sites for hydroxylation is 1. The van der Waals surface area contributed by atoms with Crippen molar-refractivity contribution in [2.24, 2.45) is 5.92 Å². The molecule has 1 fully saturated rings. The van der Waals surface area contributed by atoms with E-state index < -0.39 is 0 Å². The number of aromatic nitrogens is 4. The van der Waals surface area contributed by atoms with Crippen molar-refractivity contribution < 1.29 is 0 Å². The molecule has 28 heavy (non-hydrogen) atoms. The SMILES string of the molecule is CCn1c(=O)n(CC2CCN(c3nc4ccccc4s3)CC2)c2ncccc21. The summed E-state index contributed by atoms with van der Waals surface area (Å²) in [7, 11) is 0. The molecule has 1 aromatic carbocycles. The van der Waals surface area contributed by atoms with E-state index in [1.807, 2.05) is 34.3 Å². The van der Waals surface area contributed by atoms with Gasteiger partial charge in [-0.25, -0.2) is 14.8 Å². The number of rotatable bonds is 4. The van der Waals surface area contributed by atoms with Gasteiger partial charge >= 0.3 is 5.69 Å². The molecule has 4 heterocycles. The Hall–Kier alpha value is -2.67. The highest BCUT2D eigenvalue weighted by Crippen LogP contribution is 2.31. The quantitative estimate of drug-likeness (QED) is 0.530. The van der Waals surface area contributed by atoms with Crippen LogP contribution >= 0.6 is 11.3 Å². The lowest BCUT2D eigenvalue weighted by Gasteiger charge is -2.31. The zero-order valence-electron chi connectivity index (χ0n) is 15.9. The van der Waals surface area contributed by atoms with Gasteiger partial charge in [0.05, 0.1) is 15.7 Å². The van der Waals surface area contributed by atoms with Crippen molar-refractivity contribution in [3.8, 4) is 0 Å². The van der Waals surface area contributed by atoms with E-state index >= 15 is 0 Å². The summed E-state index contributed by atoms with van der Waals surface area (Å²) in [6, 6.07) is 12.2. The van der Waals surface area contributed by atoms with Gasteiger partial charge in [-0.2, -0.15) is 0 Å². The minimum absolute atomic E-state index is 0.0600. The summed E-state index contributed by atoms with van der Waals surface area (Å²) < 4.78 is 4.93. The number of fused-ring (bicyclic) bond motifs is 2. The molecular formula is C21H23N5OS. The number of thiazole rings is 1. The Balaban J connectivity index is 1.33. The van der Waals surface area contributed by atoms with Gasteiger partial charge in [-0.3, -0.25) is 9.13 Å². The first-order valence-corrected chi connectivity index (χ1v) is 10.7. The van der Waals surface area contributed by atoms with E-state index in [4.69, 9.17) is 4.98 Å². The van der Waals surface area contributed by atoms with Crippen LogP contribution in [0.1, 0.15) is 19.8 Å². The molecule has 0 amide bonds. The van der Waals surface area contributed by atoms with Gasteiger partial charge in [-0.15, -0.1) is 0 Å². The van der Waals surface area contributed by atoms with Gasteiger partial charge < -0.3 is 4.90 Å². The van der Waals surface area contributed by atoms with Crippen molar-refractivity contribution in [1.82, 2.24) is 19.1 Å². The zero-order chi connectivity index (χ0) is 19.1. The third kappa shape index (κ3) is 2.90. The number of hydrogen-bond donors (Lipinski definition) is 0. The lowest BCUT2D eigenvalue weighted by molar-refractivity contribution is 0.354. The van der Waals surface area contributed by atoms with Crippen LogP contribution in [0.5, 0.6) is 0 Å². The maximum absolute atomic E-state index is 12.8. The van der Waals surface area contributed by atoms with Crippen LogP contribution in [0.25, 0.3) is 21.4 Å². The molecule has 0 aliphatic carbocycles. The molecule has 0 unspecified atom stereocenters. The third-order valence-corrected chi connectivity index (χ3v) is 6.80. The second-order valence-corrected chi connectivity index (χ2v) is 8.39. The summed E-state index contributed by atoms with van der Waals surface area (Å²) in [4.78, 5) is 24.5. The molecule has 0 atom stereocenters. The van der Waals surface area contributed by atoms with E-state index in [2.05, 4.69) is 28.1 Å². The molecule has 0 spiro atoms. The van der Waals surface area contributed by atoms with Crippen molar-refractivity contribution in [2.45, 2.75) is 32.9 Å². The molecule has 144 valence electrons. The monoisotopic (exact) mass is 393 g/mol. The molecular weight excluding hydrogens is 370 g/mol. The van der Waals surface area contributed by atoms with E-state index in [1.165, 1.54) is 4.70 Å². The van der Waals surface area contributed by atoms with E-state index in [-0.39, 0.29) is 5.69 Å². The van der Waals surface area contributed by atoms with E-state index in [0.717, 1.165) is 54.3 Å². The van der Waals surface area contributed by atoms with E-state index in [1.54, 1.807) is 17.5 Å². The van der Waals surface area contributed by atoms with Crippen molar-refractivity contribution in [1.29, 1.82) is 0 Å². The number of hydrogen-bond acceptors (Lipinski definition) is 5. The minimum atomic E-state index is 0.0600. The standard InChI is InChI=1S/C21H23N5OS/c1-2-25-17-7-5-11-22-19(17)26(21(25)27)14-15-9-12-24(13-10-15)20-23-16-6-3-4-8-18(16)28-20/h3-8,11,15H,2,9-10,12-14H2,1H3. The number of nitrogens with zero attached hydrogens (tertiary/aromatic N) is 5. The molecule has 1 saturated heterocycles. The van der Waals surface area contributed by atoms with Crippen LogP contribution in [0.4, 0.5) is 5.13 Å². The molecule has 1 aliphatic heterocycles. The van der Waals surface area contributed by atoms with Crippen molar-refractivity contribution >= 4 is 37.8 Å². The Morgan fingerprint density at radius 1 is 1.11 bits per heavy atom. The summed E-state index contributed by atoms with van der Waals surface area (Å²) in [5.41, 5.74) is 2.88. The summed E-state index contributed by atoms with van der Waals surface area (Å²) >= 11 is 1.77. The van der Waals surface area contributed by atoms with Crippen LogP contribution in [-0.2, 0) is 13.1 Å². The maximum Gasteiger partial charge on any atom is 0.330 e. The number of anilines is 1. The summed E-state index contributed by atoms with van der Waals surface area (Å²) in [6.45, 7) is 5.39. The van der Waals surface area contributed by atoms with Crippen molar-refractivity contribution in [2.75, 3.05) is 18.0 Å². The van der Waals surface area contributed by atoms with E-state index in [0.29, 0.717) is 12.5 Å². The zero-order valence-corrected chi connectivity index (χ0v) is 16.7. The minimum Gasteiger partial charge on any atom is -0.348 e. The molecule has 0 radical (unpaired) electrons. The molecule has 5 rings (SSSR count). The number of pyridine rings is 1. The second-order valence-electron chi connectivity index (χ2n) is 7.38. The maximum atomic E-state index is 12.8. The number of piperidine rings is 1. The number of imidazole rings is 1. The van der Waals surface area contributed by atoms with Gasteiger partial charge in [0.1, 0.15) is 0 Å². The normalized spacial score (nSPS) is 15.7. The van der Waals surface area contributed by atoms with Gasteiger partial charge in [0, 0.05) is 32.4 Å². The predicted octanol–water partition coefficient (Wildman–Crippen LogP) is 3.74. The van der Waals surface area contributed by atoms with Crippen LogP contribution in [0, 0.1) is 5.92 Å². The summed E-state index contributed by atoms with van der Waals surface area (Å²) in [5, 5.41) is 1.11. The highest BCUT2D eigenvalue weighted by molar-refractivity contribution is 7.22. The molecule has 3 aromatic heterocycles. The summed E-state index contributed by atoms with van der Waals surface area (Å²) in [6.07, 6.45) is 3.90. The van der Waals surface area contributed by atoms with Crippen LogP contribution < -0.4 is 10.6 Å². The number of para-hydroxylation sites is 1. The summed E-state index contributed by atoms with van der Waals surface area (Å²) in [5.74, 6) is 0.487. The molecule has 4 aromatic rings. The average molecular weight is 394 g/mol. The topological polar surface area (TPSA) is 56.0 Å². The van der Waals surface area contributed by atoms with Crippen molar-refractivity contribution in [3.05, 3.63) is 53.1 Å². The Labute approximate surface area is 167 Å². The molecule has 1 aliphatic rings. The van der Waals surface area contributed by atoms with Crippen molar-refractivity contribution in [3.63, 3.8) is 0 Å². The van der Waals surface area contributed by atoms with Crippen LogP contribution in [0.3, 0.4) is 0 Å². The third-order valence-electron chi connectivity index (χ3n) is 5.70. The highest BCUT2D eigenvalue weighted by Gasteiger charge is 2.24. The fourth-order valence-electron chi connectivity index (χ4n) is 4.18. The smallest absolute Gasteiger partial charge is 0.330 e. The largest absolute Gasteiger partial charge is 0.348 e. The fraction of sp³-hybridized carbons (Fsp3) is 0.381. The molecule has 7 heteroatoms. The Morgan fingerprint density at radius 2 is 1.93 bits per heavy atom. The lowest BCUT2D eigenvalue weighted by atomic mass is 9.97.